The number of nitrogens with zero attached hydrogens (tertiary/aromatic N) is 2. The minimum atomic E-state index is -1.23. The molecule has 0 saturated carbocycles. The number of carbonyl (C=O) groups excluding carboxylic acids is 1. The van der Waals surface area contributed by atoms with Gasteiger partial charge in [-0.3, -0.25) is 19.8 Å². The van der Waals surface area contributed by atoms with Crippen LogP contribution in [0.3, 0.4) is 0 Å². The predicted molar refractivity (Wildman–Crippen MR) is 109 cm³/mol. The van der Waals surface area contributed by atoms with Crippen molar-refractivity contribution in [3.05, 3.63) is 63.8 Å². The highest BCUT2D eigenvalue weighted by atomic mass is 16.6. The van der Waals surface area contributed by atoms with E-state index in [9.17, 15) is 24.8 Å². The fourth-order valence-corrected chi connectivity index (χ4v) is 3.35. The van der Waals surface area contributed by atoms with Gasteiger partial charge in [0, 0.05) is 18.7 Å². The summed E-state index contributed by atoms with van der Waals surface area (Å²) in [5.74, 6) is -1.23. The van der Waals surface area contributed by atoms with E-state index in [0.29, 0.717) is 16.9 Å². The molecule has 2 aromatic carbocycles. The van der Waals surface area contributed by atoms with E-state index >= 15 is 0 Å². The van der Waals surface area contributed by atoms with Crippen LogP contribution >= 0.6 is 0 Å². The van der Waals surface area contributed by atoms with Gasteiger partial charge >= 0.3 is 5.97 Å². The lowest BCUT2D eigenvalue weighted by Crippen LogP contribution is -2.38. The van der Waals surface area contributed by atoms with Crippen molar-refractivity contribution in [3.63, 3.8) is 0 Å². The first kappa shape index (κ1) is 21.6. The Labute approximate surface area is 177 Å². The molecular weight excluding hydrogens is 408 g/mol. The summed E-state index contributed by atoms with van der Waals surface area (Å²) in [6.07, 6.45) is 1.46. The fourth-order valence-electron chi connectivity index (χ4n) is 3.35. The summed E-state index contributed by atoms with van der Waals surface area (Å²) >= 11 is 0. The molecule has 0 aliphatic carbocycles. The van der Waals surface area contributed by atoms with Gasteiger partial charge in [0.15, 0.2) is 11.5 Å². The minimum Gasteiger partial charge on any atom is -0.497 e. The van der Waals surface area contributed by atoms with Crippen LogP contribution in [0.15, 0.2) is 42.6 Å². The summed E-state index contributed by atoms with van der Waals surface area (Å²) in [5, 5.41) is 21.2. The monoisotopic (exact) mass is 428 g/mol. The van der Waals surface area contributed by atoms with Crippen molar-refractivity contribution in [2.75, 3.05) is 21.3 Å². The fraction of sp³-hybridized carbons (Fsp3) is 0.238. The van der Waals surface area contributed by atoms with Gasteiger partial charge in [-0.05, 0) is 23.3 Å². The van der Waals surface area contributed by atoms with Gasteiger partial charge in [-0.25, -0.2) is 4.79 Å². The van der Waals surface area contributed by atoms with Gasteiger partial charge in [0.1, 0.15) is 17.4 Å². The molecule has 0 aromatic heterocycles. The van der Waals surface area contributed by atoms with Gasteiger partial charge in [-0.15, -0.1) is 0 Å². The third-order valence-electron chi connectivity index (χ3n) is 4.95. The van der Waals surface area contributed by atoms with Crippen LogP contribution in [0, 0.1) is 10.1 Å². The molecule has 2 aromatic rings. The van der Waals surface area contributed by atoms with Crippen molar-refractivity contribution in [3.8, 4) is 17.2 Å². The first-order valence-corrected chi connectivity index (χ1v) is 9.11. The van der Waals surface area contributed by atoms with E-state index in [1.54, 1.807) is 24.3 Å². The SMILES string of the molecule is COc1ccc(C2=CN(C(=O)c3cc(OC)c(OC)cc3[N+](=O)[O-])C(C(=O)O)C2)cc1. The van der Waals surface area contributed by atoms with Crippen molar-refractivity contribution in [1.82, 2.24) is 4.90 Å². The summed E-state index contributed by atoms with van der Waals surface area (Å²) in [6.45, 7) is 0. The lowest BCUT2D eigenvalue weighted by Gasteiger charge is -2.20. The smallest absolute Gasteiger partial charge is 0.327 e. The first-order valence-electron chi connectivity index (χ1n) is 9.11. The Morgan fingerprint density at radius 3 is 2.19 bits per heavy atom. The van der Waals surface area contributed by atoms with Gasteiger partial charge in [-0.1, -0.05) is 12.1 Å². The molecule has 1 N–H and O–H groups in total. The molecule has 0 radical (unpaired) electrons. The molecule has 0 fully saturated rings. The van der Waals surface area contributed by atoms with Gasteiger partial charge in [0.2, 0.25) is 0 Å². The standard InChI is InChI=1S/C21H20N2O8/c1-29-14-6-4-12(5-7-14)13-8-17(21(25)26)22(11-13)20(24)15-9-18(30-2)19(31-3)10-16(15)23(27)28/h4-7,9-11,17H,8H2,1-3H3,(H,25,26). The Bertz CT molecular complexity index is 1060. The topological polar surface area (TPSA) is 128 Å². The molecule has 1 aliphatic rings. The van der Waals surface area contributed by atoms with E-state index in [1.165, 1.54) is 33.6 Å². The largest absolute Gasteiger partial charge is 0.497 e. The highest BCUT2D eigenvalue weighted by molar-refractivity contribution is 6.03. The van der Waals surface area contributed by atoms with Crippen LogP contribution in [0.25, 0.3) is 5.57 Å². The van der Waals surface area contributed by atoms with Crippen LogP contribution in [0.5, 0.6) is 17.2 Å². The van der Waals surface area contributed by atoms with E-state index in [4.69, 9.17) is 14.2 Å². The van der Waals surface area contributed by atoms with E-state index < -0.39 is 28.5 Å². The predicted octanol–water partition coefficient (Wildman–Crippen LogP) is 2.96. The minimum absolute atomic E-state index is 0.0501. The lowest BCUT2D eigenvalue weighted by atomic mass is 10.0. The van der Waals surface area contributed by atoms with Crippen LogP contribution in [0.1, 0.15) is 22.3 Å². The van der Waals surface area contributed by atoms with Crippen molar-refractivity contribution in [2.45, 2.75) is 12.5 Å². The van der Waals surface area contributed by atoms with Gasteiger partial charge in [0.05, 0.1) is 32.3 Å². The molecule has 0 bridgehead atoms. The quantitative estimate of drug-likeness (QED) is 0.526. The molecule has 1 heterocycles. The number of ether oxygens (including phenoxy) is 3. The van der Waals surface area contributed by atoms with Crippen molar-refractivity contribution in [1.29, 1.82) is 0 Å². The Kier molecular flexibility index (Phi) is 6.10. The van der Waals surface area contributed by atoms with Gasteiger partial charge < -0.3 is 19.3 Å². The van der Waals surface area contributed by atoms with Crippen LogP contribution < -0.4 is 14.2 Å². The Morgan fingerprint density at radius 2 is 1.68 bits per heavy atom. The zero-order valence-corrected chi connectivity index (χ0v) is 17.0. The lowest BCUT2D eigenvalue weighted by molar-refractivity contribution is -0.385. The number of nitro groups is 1. The van der Waals surface area contributed by atoms with Crippen molar-refractivity contribution < 1.29 is 33.8 Å². The van der Waals surface area contributed by atoms with Crippen molar-refractivity contribution in [2.24, 2.45) is 0 Å². The van der Waals surface area contributed by atoms with Gasteiger partial charge in [0.25, 0.3) is 11.6 Å². The molecule has 1 aliphatic heterocycles. The molecule has 1 atom stereocenters. The number of methoxy groups -OCH3 is 3. The molecule has 3 rings (SSSR count). The summed E-state index contributed by atoms with van der Waals surface area (Å²) in [6, 6.07) is 7.97. The number of hydrogen-bond acceptors (Lipinski definition) is 7. The molecule has 31 heavy (non-hydrogen) atoms. The molecule has 1 unspecified atom stereocenters. The second-order valence-electron chi connectivity index (χ2n) is 6.63. The number of rotatable bonds is 7. The van der Waals surface area contributed by atoms with Crippen LogP contribution in [0.2, 0.25) is 0 Å². The Hall–Kier alpha value is -4.08. The molecule has 1 amide bonds. The zero-order chi connectivity index (χ0) is 22.7. The highest BCUT2D eigenvalue weighted by Gasteiger charge is 2.38. The number of benzene rings is 2. The van der Waals surface area contributed by atoms with E-state index in [1.807, 2.05) is 0 Å². The molecular formula is C21H20N2O8. The van der Waals surface area contributed by atoms with E-state index in [0.717, 1.165) is 11.0 Å². The maximum atomic E-state index is 13.2. The number of carboxylic acid groups (broad SMARTS) is 1. The summed E-state index contributed by atoms with van der Waals surface area (Å²) in [4.78, 5) is 36.9. The zero-order valence-electron chi connectivity index (χ0n) is 17.0. The molecule has 0 saturated heterocycles. The number of carboxylic acids is 1. The van der Waals surface area contributed by atoms with Crippen LogP contribution in [-0.2, 0) is 4.79 Å². The summed E-state index contributed by atoms with van der Waals surface area (Å²) < 4.78 is 15.3. The molecule has 162 valence electrons. The number of hydrogen-bond donors (Lipinski definition) is 1. The average molecular weight is 428 g/mol. The van der Waals surface area contributed by atoms with E-state index in [-0.39, 0.29) is 23.5 Å². The maximum Gasteiger partial charge on any atom is 0.327 e. The second kappa shape index (κ2) is 8.74. The molecule has 0 spiro atoms. The number of amides is 1. The van der Waals surface area contributed by atoms with Crippen molar-refractivity contribution >= 4 is 23.1 Å². The van der Waals surface area contributed by atoms with Gasteiger partial charge in [-0.2, -0.15) is 0 Å². The van der Waals surface area contributed by atoms with Crippen LogP contribution in [-0.4, -0.2) is 54.2 Å². The van der Waals surface area contributed by atoms with E-state index in [2.05, 4.69) is 0 Å². The summed E-state index contributed by atoms with van der Waals surface area (Å²) in [7, 11) is 4.17. The number of nitro benzene ring substituents is 1. The highest BCUT2D eigenvalue weighted by Crippen LogP contribution is 2.37. The first-order chi connectivity index (χ1) is 14.8. The number of aliphatic carboxylic acids is 1. The molecule has 10 nitrogen and oxygen atoms in total. The Morgan fingerprint density at radius 1 is 1.06 bits per heavy atom. The third-order valence-corrected chi connectivity index (χ3v) is 4.95. The average Bonchev–Trinajstić information content (AvgIpc) is 3.23. The second-order valence-corrected chi connectivity index (χ2v) is 6.63. The summed E-state index contributed by atoms with van der Waals surface area (Å²) in [5.41, 5.74) is 0.495. The maximum absolute atomic E-state index is 13.2. The number of carbonyl (C=O) groups is 2. The third kappa shape index (κ3) is 4.13. The normalized spacial score (nSPS) is 15.3. The molecule has 10 heteroatoms. The Balaban J connectivity index is 2.06. The van der Waals surface area contributed by atoms with Crippen LogP contribution in [0.4, 0.5) is 5.69 Å².